The monoisotopic (exact) mass is 431 g/mol. The third kappa shape index (κ3) is 5.14. The number of methoxy groups -OCH3 is 1. The van der Waals surface area contributed by atoms with Crippen LogP contribution in [0.2, 0.25) is 0 Å². The Kier molecular flexibility index (Phi) is 6.78. The molecule has 3 aromatic rings. The van der Waals surface area contributed by atoms with Crippen LogP contribution < -0.4 is 10.1 Å². The van der Waals surface area contributed by atoms with E-state index in [9.17, 15) is 18.7 Å². The van der Waals surface area contributed by atoms with E-state index < -0.39 is 17.7 Å². The number of hydrogen-bond donors (Lipinski definition) is 2. The number of carboxylic acids is 1. The maximum atomic E-state index is 14.2. The highest BCUT2D eigenvalue weighted by atomic mass is 19.1. The van der Waals surface area contributed by atoms with Crippen molar-refractivity contribution >= 4 is 11.8 Å². The van der Waals surface area contributed by atoms with Gasteiger partial charge in [-0.2, -0.15) is 5.10 Å². The normalized spacial score (nSPS) is 12.1. The number of hydrogen-bond acceptors (Lipinski definition) is 6. The number of rotatable bonds is 9. The second-order valence-electron chi connectivity index (χ2n) is 7.28. The molecule has 31 heavy (non-hydrogen) atoms. The van der Waals surface area contributed by atoms with Crippen molar-refractivity contribution in [2.75, 3.05) is 19.0 Å². The third-order valence-corrected chi connectivity index (χ3v) is 4.81. The lowest BCUT2D eigenvalue weighted by Crippen LogP contribution is -2.28. The minimum atomic E-state index is -0.978. The molecule has 0 saturated carbocycles. The van der Waals surface area contributed by atoms with Crippen molar-refractivity contribution in [3.8, 4) is 17.4 Å². The molecule has 8 nitrogen and oxygen atoms in total. The highest BCUT2D eigenvalue weighted by molar-refractivity contribution is 5.71. The molecular weight excluding hydrogens is 408 g/mol. The maximum Gasteiger partial charge on any atom is 0.308 e. The summed E-state index contributed by atoms with van der Waals surface area (Å²) in [5, 5.41) is 16.4. The number of halogens is 2. The first-order valence-corrected chi connectivity index (χ1v) is 9.65. The van der Waals surface area contributed by atoms with E-state index >= 15 is 0 Å². The van der Waals surface area contributed by atoms with Gasteiger partial charge in [-0.25, -0.2) is 23.4 Å². The summed E-state index contributed by atoms with van der Waals surface area (Å²) < 4.78 is 35.0. The maximum absolute atomic E-state index is 14.2. The summed E-state index contributed by atoms with van der Waals surface area (Å²) in [5.74, 6) is -2.57. The topological polar surface area (TPSA) is 102 Å². The lowest BCUT2D eigenvalue weighted by Gasteiger charge is -2.17. The van der Waals surface area contributed by atoms with Crippen molar-refractivity contribution in [1.29, 1.82) is 0 Å². The van der Waals surface area contributed by atoms with Crippen LogP contribution in [0.4, 0.5) is 14.6 Å². The fraction of sp³-hybridized carbons (Fsp3) is 0.333. The van der Waals surface area contributed by atoms with E-state index in [4.69, 9.17) is 4.74 Å². The molecule has 0 radical (unpaired) electrons. The molecule has 0 aliphatic heterocycles. The van der Waals surface area contributed by atoms with Gasteiger partial charge in [-0.05, 0) is 12.0 Å². The van der Waals surface area contributed by atoms with Crippen LogP contribution in [0.25, 0.3) is 11.5 Å². The highest BCUT2D eigenvalue weighted by Crippen LogP contribution is 2.24. The Balaban J connectivity index is 1.86. The molecule has 1 atom stereocenters. The summed E-state index contributed by atoms with van der Waals surface area (Å²) >= 11 is 0. The number of aromatic nitrogens is 4. The summed E-state index contributed by atoms with van der Waals surface area (Å²) in [5.41, 5.74) is 0.723. The van der Waals surface area contributed by atoms with Crippen LogP contribution in [0.1, 0.15) is 19.4 Å². The largest absolute Gasteiger partial charge is 0.481 e. The molecule has 0 bridgehead atoms. The molecule has 164 valence electrons. The number of ether oxygens (including phenoxy) is 1. The van der Waals surface area contributed by atoms with Crippen LogP contribution in [0.3, 0.4) is 0 Å². The van der Waals surface area contributed by atoms with Gasteiger partial charge in [-0.3, -0.25) is 4.79 Å². The van der Waals surface area contributed by atoms with Crippen LogP contribution in [-0.4, -0.2) is 44.5 Å². The molecule has 0 spiro atoms. The molecule has 0 unspecified atom stereocenters. The summed E-state index contributed by atoms with van der Waals surface area (Å²) in [4.78, 5) is 19.5. The van der Waals surface area contributed by atoms with Gasteiger partial charge in [0.05, 0.1) is 25.8 Å². The van der Waals surface area contributed by atoms with E-state index in [1.165, 1.54) is 17.9 Å². The van der Waals surface area contributed by atoms with Gasteiger partial charge in [-0.15, -0.1) is 0 Å². The fourth-order valence-electron chi connectivity index (χ4n) is 3.00. The first kappa shape index (κ1) is 22.1. The zero-order chi connectivity index (χ0) is 22.5. The van der Waals surface area contributed by atoms with Gasteiger partial charge in [0, 0.05) is 18.2 Å². The quantitative estimate of drug-likeness (QED) is 0.535. The Morgan fingerprint density at radius 2 is 2.00 bits per heavy atom. The third-order valence-electron chi connectivity index (χ3n) is 4.81. The lowest BCUT2D eigenvalue weighted by molar-refractivity contribution is -0.142. The Labute approximate surface area is 177 Å². The minimum absolute atomic E-state index is 0.00538. The molecular formula is C21H23F2N5O3. The van der Waals surface area contributed by atoms with Crippen molar-refractivity contribution in [2.45, 2.75) is 20.4 Å². The van der Waals surface area contributed by atoms with Gasteiger partial charge in [0.2, 0.25) is 5.88 Å². The van der Waals surface area contributed by atoms with E-state index in [-0.39, 0.29) is 36.5 Å². The Bertz CT molecular complexity index is 1070. The second-order valence-corrected chi connectivity index (χ2v) is 7.28. The van der Waals surface area contributed by atoms with E-state index in [2.05, 4.69) is 20.4 Å². The van der Waals surface area contributed by atoms with Crippen LogP contribution in [0.15, 0.2) is 36.5 Å². The number of aliphatic carboxylic acids is 1. The summed E-state index contributed by atoms with van der Waals surface area (Å²) in [6, 6.07) is 7.87. The van der Waals surface area contributed by atoms with Gasteiger partial charge < -0.3 is 15.2 Å². The molecule has 2 N–H and O–H groups in total. The van der Waals surface area contributed by atoms with Gasteiger partial charge >= 0.3 is 5.97 Å². The molecule has 0 aliphatic rings. The standard InChI is InChI=1S/C21H23F2N5O3/c1-12(2)14(21(29)30)9-24-19-16(23)10-25-20(26-19)17-8-18(31-3)28(27-17)11-13-6-4-5-7-15(13)22/h4-8,10,12,14H,9,11H2,1-3H3,(H,29,30)(H,24,25,26)/t14-/m1/s1. The molecule has 0 amide bonds. The average molecular weight is 431 g/mol. The van der Waals surface area contributed by atoms with E-state index in [0.717, 1.165) is 6.20 Å². The van der Waals surface area contributed by atoms with Gasteiger partial charge in [0.1, 0.15) is 11.5 Å². The number of benzene rings is 1. The van der Waals surface area contributed by atoms with Crippen molar-refractivity contribution in [3.05, 3.63) is 53.7 Å². The molecule has 2 heterocycles. The lowest BCUT2D eigenvalue weighted by atomic mass is 9.96. The zero-order valence-corrected chi connectivity index (χ0v) is 17.3. The minimum Gasteiger partial charge on any atom is -0.481 e. The first-order valence-electron chi connectivity index (χ1n) is 9.65. The SMILES string of the molecule is COc1cc(-c2ncc(F)c(NC[C@@H](C(=O)O)C(C)C)n2)nn1Cc1ccccc1F. The van der Waals surface area contributed by atoms with E-state index in [1.807, 2.05) is 0 Å². The summed E-state index contributed by atoms with van der Waals surface area (Å²) in [6.45, 7) is 3.68. The van der Waals surface area contributed by atoms with Crippen LogP contribution in [0.5, 0.6) is 5.88 Å². The number of carbonyl (C=O) groups is 1. The number of nitrogens with zero attached hydrogens (tertiary/aromatic N) is 4. The second kappa shape index (κ2) is 9.50. The molecule has 3 rings (SSSR count). The number of anilines is 1. The Morgan fingerprint density at radius 3 is 2.65 bits per heavy atom. The number of carboxylic acid groups (broad SMARTS) is 1. The molecule has 0 aliphatic carbocycles. The van der Waals surface area contributed by atoms with E-state index in [0.29, 0.717) is 17.1 Å². The van der Waals surface area contributed by atoms with Crippen molar-refractivity contribution < 1.29 is 23.4 Å². The van der Waals surface area contributed by atoms with Crippen molar-refractivity contribution in [1.82, 2.24) is 19.7 Å². The predicted octanol–water partition coefficient (Wildman–Crippen LogP) is 3.44. The van der Waals surface area contributed by atoms with Gasteiger partial charge in [0.25, 0.3) is 0 Å². The molecule has 2 aromatic heterocycles. The fourth-order valence-corrected chi connectivity index (χ4v) is 3.00. The molecule has 10 heteroatoms. The van der Waals surface area contributed by atoms with Gasteiger partial charge in [0.15, 0.2) is 17.5 Å². The summed E-state index contributed by atoms with van der Waals surface area (Å²) in [6.07, 6.45) is 0.984. The van der Waals surface area contributed by atoms with Gasteiger partial charge in [-0.1, -0.05) is 32.0 Å². The van der Waals surface area contributed by atoms with Crippen LogP contribution >= 0.6 is 0 Å². The summed E-state index contributed by atoms with van der Waals surface area (Å²) in [7, 11) is 1.45. The Morgan fingerprint density at radius 1 is 1.26 bits per heavy atom. The van der Waals surface area contributed by atoms with Crippen LogP contribution in [0, 0.1) is 23.5 Å². The molecule has 0 fully saturated rings. The predicted molar refractivity (Wildman–Crippen MR) is 110 cm³/mol. The van der Waals surface area contributed by atoms with Crippen LogP contribution in [-0.2, 0) is 11.3 Å². The van der Waals surface area contributed by atoms with E-state index in [1.54, 1.807) is 38.1 Å². The smallest absolute Gasteiger partial charge is 0.308 e. The van der Waals surface area contributed by atoms with Crippen molar-refractivity contribution in [2.24, 2.45) is 11.8 Å². The Hall–Kier alpha value is -3.56. The van der Waals surface area contributed by atoms with Crippen molar-refractivity contribution in [3.63, 3.8) is 0 Å². The number of nitrogens with one attached hydrogen (secondary N) is 1. The first-order chi connectivity index (χ1) is 14.8. The zero-order valence-electron chi connectivity index (χ0n) is 17.3. The average Bonchev–Trinajstić information content (AvgIpc) is 3.13. The molecule has 1 aromatic carbocycles. The highest BCUT2D eigenvalue weighted by Gasteiger charge is 2.22. The molecule has 0 saturated heterocycles.